The van der Waals surface area contributed by atoms with Crippen molar-refractivity contribution in [3.05, 3.63) is 63.7 Å². The summed E-state index contributed by atoms with van der Waals surface area (Å²) in [5, 5.41) is 12.9. The van der Waals surface area contributed by atoms with E-state index in [1.54, 1.807) is 25.3 Å². The van der Waals surface area contributed by atoms with E-state index in [9.17, 15) is 4.79 Å². The number of ether oxygens (including phenoxy) is 2. The second-order valence-electron chi connectivity index (χ2n) is 6.45. The summed E-state index contributed by atoms with van der Waals surface area (Å²) < 4.78 is 11.0. The molecule has 2 aromatic carbocycles. The second kappa shape index (κ2) is 9.01. The van der Waals surface area contributed by atoms with Gasteiger partial charge in [0, 0.05) is 36.5 Å². The Morgan fingerprint density at radius 3 is 2.78 bits per heavy atom. The summed E-state index contributed by atoms with van der Waals surface area (Å²) in [5.74, 6) is 0.611. The predicted octanol–water partition coefficient (Wildman–Crippen LogP) is 3.24. The normalized spacial score (nSPS) is 16.6. The van der Waals surface area contributed by atoms with E-state index in [0.717, 1.165) is 24.2 Å². The Kier molecular flexibility index (Phi) is 6.46. The van der Waals surface area contributed by atoms with Crippen LogP contribution in [0, 0.1) is 11.3 Å². The number of nitriles is 1. The number of methoxy groups -OCH3 is 1. The fourth-order valence-electron chi connectivity index (χ4n) is 3.16. The van der Waals surface area contributed by atoms with Crippen LogP contribution in [0.2, 0.25) is 5.02 Å². The molecule has 0 bridgehead atoms. The van der Waals surface area contributed by atoms with Crippen molar-refractivity contribution in [2.75, 3.05) is 26.8 Å². The van der Waals surface area contributed by atoms with Crippen molar-refractivity contribution in [2.45, 2.75) is 18.9 Å². The van der Waals surface area contributed by atoms with Crippen molar-refractivity contribution in [2.24, 2.45) is 0 Å². The van der Waals surface area contributed by atoms with Crippen LogP contribution in [0.15, 0.2) is 36.4 Å². The number of hydrogen-bond acceptors (Lipinski definition) is 5. The fourth-order valence-corrected chi connectivity index (χ4v) is 3.42. The van der Waals surface area contributed by atoms with Gasteiger partial charge in [0.05, 0.1) is 31.5 Å². The highest BCUT2D eigenvalue weighted by atomic mass is 35.5. The molecule has 5 nitrogen and oxygen atoms in total. The molecule has 1 aliphatic rings. The summed E-state index contributed by atoms with van der Waals surface area (Å²) in [6.07, 6.45) is 0.397. The maximum atomic E-state index is 12.6. The van der Waals surface area contributed by atoms with E-state index in [1.165, 1.54) is 0 Å². The van der Waals surface area contributed by atoms with Crippen LogP contribution in [0.4, 0.5) is 0 Å². The quantitative estimate of drug-likeness (QED) is 0.827. The average Bonchev–Trinajstić information content (AvgIpc) is 2.70. The van der Waals surface area contributed by atoms with Gasteiger partial charge in [-0.2, -0.15) is 5.26 Å². The topological polar surface area (TPSA) is 71.3 Å². The molecule has 1 fully saturated rings. The maximum Gasteiger partial charge on any atom is 0.141 e. The molecule has 1 heterocycles. The van der Waals surface area contributed by atoms with Gasteiger partial charge in [0.1, 0.15) is 11.5 Å². The van der Waals surface area contributed by atoms with Crippen molar-refractivity contribution in [3.8, 4) is 11.8 Å². The summed E-state index contributed by atoms with van der Waals surface area (Å²) in [6.45, 7) is 2.28. The molecule has 6 heteroatoms. The molecule has 140 valence electrons. The summed E-state index contributed by atoms with van der Waals surface area (Å²) in [4.78, 5) is 12.6. The first kappa shape index (κ1) is 19.4. The number of ketones is 1. The van der Waals surface area contributed by atoms with Gasteiger partial charge >= 0.3 is 0 Å². The van der Waals surface area contributed by atoms with E-state index in [-0.39, 0.29) is 24.7 Å². The molecule has 0 saturated carbocycles. The van der Waals surface area contributed by atoms with Gasteiger partial charge in [0.15, 0.2) is 0 Å². The molecule has 3 rings (SSSR count). The third kappa shape index (κ3) is 4.86. The third-order valence-corrected chi connectivity index (χ3v) is 4.91. The molecule has 1 saturated heterocycles. The van der Waals surface area contributed by atoms with E-state index in [2.05, 4.69) is 11.4 Å². The van der Waals surface area contributed by atoms with E-state index >= 15 is 0 Å². The molecule has 0 radical (unpaired) electrons. The van der Waals surface area contributed by atoms with Crippen molar-refractivity contribution in [3.63, 3.8) is 0 Å². The molecule has 1 atom stereocenters. The standard InChI is InChI=1S/C21H21ClN2O3/c1-26-20-5-2-14(12-23)8-17(20)10-18(25)9-15-3-4-16(11-19(15)22)21-13-24-6-7-27-21/h2-5,8,11,21,24H,6-7,9-10,13H2,1H3/t21-/m1/s1. The van der Waals surface area contributed by atoms with Gasteiger partial charge < -0.3 is 14.8 Å². The van der Waals surface area contributed by atoms with Gasteiger partial charge in [0.2, 0.25) is 0 Å². The first-order chi connectivity index (χ1) is 13.1. The Morgan fingerprint density at radius 1 is 1.30 bits per heavy atom. The van der Waals surface area contributed by atoms with Crippen LogP contribution >= 0.6 is 11.6 Å². The number of Topliss-reactive ketones (excluding diaryl/α,β-unsaturated/α-hetero) is 1. The maximum absolute atomic E-state index is 12.6. The highest BCUT2D eigenvalue weighted by Gasteiger charge is 2.18. The molecule has 1 aliphatic heterocycles. The van der Waals surface area contributed by atoms with Crippen LogP contribution in [0.1, 0.15) is 28.4 Å². The van der Waals surface area contributed by atoms with E-state index in [4.69, 9.17) is 26.3 Å². The van der Waals surface area contributed by atoms with Crippen molar-refractivity contribution in [1.82, 2.24) is 5.32 Å². The number of morpholine rings is 1. The van der Waals surface area contributed by atoms with Crippen LogP contribution in [0.25, 0.3) is 0 Å². The zero-order chi connectivity index (χ0) is 19.2. The minimum Gasteiger partial charge on any atom is -0.496 e. The largest absolute Gasteiger partial charge is 0.496 e. The Balaban J connectivity index is 1.70. The van der Waals surface area contributed by atoms with Gasteiger partial charge in [-0.1, -0.05) is 23.7 Å². The number of hydrogen-bond donors (Lipinski definition) is 1. The number of nitrogens with one attached hydrogen (secondary N) is 1. The second-order valence-corrected chi connectivity index (χ2v) is 6.85. The molecule has 1 N–H and O–H groups in total. The minimum atomic E-state index is -0.0148. The molecule has 0 amide bonds. The molecular weight excluding hydrogens is 364 g/mol. The molecule has 0 aliphatic carbocycles. The van der Waals surface area contributed by atoms with E-state index in [1.807, 2.05) is 18.2 Å². The molecular formula is C21H21ClN2O3. The van der Waals surface area contributed by atoms with Crippen LogP contribution in [0.5, 0.6) is 5.75 Å². The van der Waals surface area contributed by atoms with Crippen LogP contribution in [0.3, 0.4) is 0 Å². The molecule has 2 aromatic rings. The van der Waals surface area contributed by atoms with Crippen molar-refractivity contribution < 1.29 is 14.3 Å². The summed E-state index contributed by atoms with van der Waals surface area (Å²) in [5.41, 5.74) is 2.99. The first-order valence-electron chi connectivity index (χ1n) is 8.80. The monoisotopic (exact) mass is 384 g/mol. The zero-order valence-corrected chi connectivity index (χ0v) is 15.9. The zero-order valence-electron chi connectivity index (χ0n) is 15.1. The van der Waals surface area contributed by atoms with Gasteiger partial charge in [-0.25, -0.2) is 0 Å². The Bertz CT molecular complexity index is 870. The number of rotatable bonds is 6. The van der Waals surface area contributed by atoms with Crippen LogP contribution in [-0.2, 0) is 22.4 Å². The van der Waals surface area contributed by atoms with Crippen LogP contribution in [-0.4, -0.2) is 32.6 Å². The Labute approximate surface area is 163 Å². The van der Waals surface area contributed by atoms with Gasteiger partial charge in [0.25, 0.3) is 0 Å². The first-order valence-corrected chi connectivity index (χ1v) is 9.18. The van der Waals surface area contributed by atoms with E-state index in [0.29, 0.717) is 28.5 Å². The number of benzene rings is 2. The molecule has 0 aromatic heterocycles. The lowest BCUT2D eigenvalue weighted by atomic mass is 9.99. The van der Waals surface area contributed by atoms with Gasteiger partial charge in [-0.3, -0.25) is 4.79 Å². The average molecular weight is 385 g/mol. The molecule has 27 heavy (non-hydrogen) atoms. The van der Waals surface area contributed by atoms with Crippen molar-refractivity contribution in [1.29, 1.82) is 5.26 Å². The number of carbonyl (C=O) groups excluding carboxylic acids is 1. The smallest absolute Gasteiger partial charge is 0.141 e. The predicted molar refractivity (Wildman–Crippen MR) is 103 cm³/mol. The summed E-state index contributed by atoms with van der Waals surface area (Å²) in [7, 11) is 1.55. The third-order valence-electron chi connectivity index (χ3n) is 4.56. The number of carbonyl (C=O) groups is 1. The lowest BCUT2D eigenvalue weighted by Crippen LogP contribution is -2.33. The highest BCUT2D eigenvalue weighted by Crippen LogP contribution is 2.26. The summed E-state index contributed by atoms with van der Waals surface area (Å²) in [6, 6.07) is 12.9. The van der Waals surface area contributed by atoms with E-state index < -0.39 is 0 Å². The lowest BCUT2D eigenvalue weighted by molar-refractivity contribution is -0.117. The van der Waals surface area contributed by atoms with Gasteiger partial charge in [-0.05, 0) is 35.4 Å². The number of nitrogens with zero attached hydrogens (tertiary/aromatic N) is 1. The lowest BCUT2D eigenvalue weighted by Gasteiger charge is -2.24. The fraction of sp³-hybridized carbons (Fsp3) is 0.333. The van der Waals surface area contributed by atoms with Gasteiger partial charge in [-0.15, -0.1) is 0 Å². The molecule has 0 unspecified atom stereocenters. The SMILES string of the molecule is COc1ccc(C#N)cc1CC(=O)Cc1ccc([C@H]2CNCCO2)cc1Cl. The number of halogens is 1. The Morgan fingerprint density at radius 2 is 2.11 bits per heavy atom. The van der Waals surface area contributed by atoms with Crippen LogP contribution < -0.4 is 10.1 Å². The minimum absolute atomic E-state index is 0.00798. The van der Waals surface area contributed by atoms with Crippen molar-refractivity contribution >= 4 is 17.4 Å². The summed E-state index contributed by atoms with van der Waals surface area (Å²) >= 11 is 6.41. The Hall–Kier alpha value is -2.39. The molecule has 0 spiro atoms. The highest BCUT2D eigenvalue weighted by molar-refractivity contribution is 6.31.